The third-order valence-electron chi connectivity index (χ3n) is 3.28. The third kappa shape index (κ3) is 4.58. The minimum absolute atomic E-state index is 0.155. The Morgan fingerprint density at radius 1 is 1.37 bits per heavy atom. The van der Waals surface area contributed by atoms with Gasteiger partial charge >= 0.3 is 5.97 Å². The van der Waals surface area contributed by atoms with Crippen LogP contribution in [0.1, 0.15) is 51.2 Å². The molecule has 0 saturated heterocycles. The Bertz CT molecular complexity index is 447. The van der Waals surface area contributed by atoms with E-state index in [0.29, 0.717) is 12.3 Å². The van der Waals surface area contributed by atoms with Gasteiger partial charge in [-0.2, -0.15) is 0 Å². The predicted octanol–water partition coefficient (Wildman–Crippen LogP) is 3.86. The lowest BCUT2D eigenvalue weighted by molar-refractivity contribution is -0.139. The van der Waals surface area contributed by atoms with Crippen molar-refractivity contribution in [2.45, 2.75) is 46.5 Å². The average molecular weight is 264 g/mol. The predicted molar refractivity (Wildman–Crippen MR) is 76.8 cm³/mol. The molecular formula is C16H24O3. The summed E-state index contributed by atoms with van der Waals surface area (Å²) in [5, 5.41) is 8.94. The van der Waals surface area contributed by atoms with E-state index in [9.17, 15) is 4.79 Å². The molecule has 0 bridgehead atoms. The largest absolute Gasteiger partial charge is 0.496 e. The lowest BCUT2D eigenvalue weighted by Gasteiger charge is -2.24. The van der Waals surface area contributed by atoms with Crippen LogP contribution in [0.4, 0.5) is 0 Å². The van der Waals surface area contributed by atoms with E-state index < -0.39 is 5.97 Å². The molecule has 3 heteroatoms. The maximum Gasteiger partial charge on any atom is 0.303 e. The normalized spacial score (nSPS) is 11.7. The molecule has 0 amide bonds. The van der Waals surface area contributed by atoms with Crippen LogP contribution in [0.3, 0.4) is 0 Å². The summed E-state index contributed by atoms with van der Waals surface area (Å²) in [6.45, 7) is 8.22. The van der Waals surface area contributed by atoms with Gasteiger partial charge in [-0.1, -0.05) is 39.8 Å². The van der Waals surface area contributed by atoms with Crippen molar-refractivity contribution in [1.29, 1.82) is 0 Å². The van der Waals surface area contributed by atoms with E-state index in [1.165, 1.54) is 5.56 Å². The second-order valence-electron chi connectivity index (χ2n) is 6.14. The molecule has 0 atom stereocenters. The molecule has 3 nitrogen and oxygen atoms in total. The van der Waals surface area contributed by atoms with Crippen molar-refractivity contribution in [2.24, 2.45) is 5.41 Å². The monoisotopic (exact) mass is 264 g/mol. The van der Waals surface area contributed by atoms with E-state index in [1.807, 2.05) is 13.8 Å². The third-order valence-corrected chi connectivity index (χ3v) is 3.28. The molecule has 0 spiro atoms. The first-order chi connectivity index (χ1) is 8.75. The number of carboxylic acid groups (broad SMARTS) is 1. The van der Waals surface area contributed by atoms with Gasteiger partial charge in [-0.15, -0.1) is 0 Å². The second kappa shape index (κ2) is 6.09. The lowest BCUT2D eigenvalue weighted by Crippen LogP contribution is -2.20. The average Bonchev–Trinajstić information content (AvgIpc) is 2.26. The van der Waals surface area contributed by atoms with Crippen molar-refractivity contribution in [2.75, 3.05) is 7.11 Å². The highest BCUT2D eigenvalue weighted by Gasteiger charge is 2.24. The molecule has 0 aliphatic carbocycles. The molecule has 1 aromatic rings. The first-order valence-electron chi connectivity index (χ1n) is 6.64. The van der Waals surface area contributed by atoms with Crippen molar-refractivity contribution in [3.8, 4) is 5.75 Å². The van der Waals surface area contributed by atoms with E-state index in [0.717, 1.165) is 11.3 Å². The van der Waals surface area contributed by atoms with Gasteiger partial charge in [0, 0.05) is 0 Å². The summed E-state index contributed by atoms with van der Waals surface area (Å²) in [7, 11) is 1.66. The van der Waals surface area contributed by atoms with Gasteiger partial charge in [0.25, 0.3) is 0 Å². The molecule has 0 heterocycles. The molecule has 0 aromatic heterocycles. The van der Waals surface area contributed by atoms with Gasteiger partial charge in [0.15, 0.2) is 0 Å². The lowest BCUT2D eigenvalue weighted by atomic mass is 9.82. The summed E-state index contributed by atoms with van der Waals surface area (Å²) in [4.78, 5) is 10.9. The zero-order valence-electron chi connectivity index (χ0n) is 12.5. The van der Waals surface area contributed by atoms with Crippen LogP contribution in [0.25, 0.3) is 0 Å². The van der Waals surface area contributed by atoms with Crippen molar-refractivity contribution in [1.82, 2.24) is 0 Å². The Balaban J connectivity index is 2.98. The molecule has 1 aromatic carbocycles. The number of ether oxygens (including phenoxy) is 1. The number of aliphatic carboxylic acids is 1. The van der Waals surface area contributed by atoms with Crippen molar-refractivity contribution in [3.63, 3.8) is 0 Å². The van der Waals surface area contributed by atoms with Gasteiger partial charge in [-0.25, -0.2) is 0 Å². The SMILES string of the molecule is COc1cc(C(C)C)ccc1CC(C)(C)CC(=O)O. The first-order valence-corrected chi connectivity index (χ1v) is 6.64. The highest BCUT2D eigenvalue weighted by molar-refractivity contribution is 5.67. The van der Waals surface area contributed by atoms with Crippen LogP contribution in [-0.2, 0) is 11.2 Å². The Hall–Kier alpha value is -1.51. The van der Waals surface area contributed by atoms with Crippen LogP contribution in [0.15, 0.2) is 18.2 Å². The standard InChI is InChI=1S/C16H24O3/c1-11(2)12-6-7-13(14(8-12)19-5)9-16(3,4)10-15(17)18/h6-8,11H,9-10H2,1-5H3,(H,17,18). The fourth-order valence-corrected chi connectivity index (χ4v) is 2.25. The van der Waals surface area contributed by atoms with Crippen LogP contribution in [0.5, 0.6) is 5.75 Å². The Kier molecular flexibility index (Phi) is 4.98. The van der Waals surface area contributed by atoms with Crippen molar-refractivity contribution < 1.29 is 14.6 Å². The molecule has 0 saturated carbocycles. The summed E-state index contributed by atoms with van der Waals surface area (Å²) in [6, 6.07) is 6.20. The highest BCUT2D eigenvalue weighted by Crippen LogP contribution is 2.32. The van der Waals surface area contributed by atoms with Gasteiger partial charge in [-0.3, -0.25) is 4.79 Å². The number of rotatable bonds is 6. The highest BCUT2D eigenvalue weighted by atomic mass is 16.5. The molecule has 0 radical (unpaired) electrons. The number of hydrogen-bond donors (Lipinski definition) is 1. The molecule has 0 unspecified atom stereocenters. The summed E-state index contributed by atoms with van der Waals surface area (Å²) >= 11 is 0. The van der Waals surface area contributed by atoms with Gasteiger partial charge in [0.05, 0.1) is 13.5 Å². The van der Waals surface area contributed by atoms with E-state index in [4.69, 9.17) is 9.84 Å². The van der Waals surface area contributed by atoms with E-state index in [2.05, 4.69) is 32.0 Å². The van der Waals surface area contributed by atoms with Crippen molar-refractivity contribution in [3.05, 3.63) is 29.3 Å². The minimum atomic E-state index is -0.761. The number of benzene rings is 1. The summed E-state index contributed by atoms with van der Waals surface area (Å²) < 4.78 is 5.44. The molecule has 0 aliphatic heterocycles. The van der Waals surface area contributed by atoms with Crippen LogP contribution >= 0.6 is 0 Å². The molecule has 19 heavy (non-hydrogen) atoms. The number of methoxy groups -OCH3 is 1. The number of carbonyl (C=O) groups is 1. The second-order valence-corrected chi connectivity index (χ2v) is 6.14. The Morgan fingerprint density at radius 3 is 2.47 bits per heavy atom. The molecule has 0 fully saturated rings. The zero-order valence-corrected chi connectivity index (χ0v) is 12.5. The van der Waals surface area contributed by atoms with Gasteiger partial charge < -0.3 is 9.84 Å². The first kappa shape index (κ1) is 15.5. The molecule has 1 N–H and O–H groups in total. The van der Waals surface area contributed by atoms with Gasteiger partial charge in [0.2, 0.25) is 0 Å². The summed E-state index contributed by atoms with van der Waals surface area (Å²) in [5.41, 5.74) is 2.02. The quantitative estimate of drug-likeness (QED) is 0.848. The Morgan fingerprint density at radius 2 is 2.00 bits per heavy atom. The molecule has 106 valence electrons. The number of carboxylic acids is 1. The Labute approximate surface area is 115 Å². The molecule has 1 rings (SSSR count). The maximum atomic E-state index is 10.9. The zero-order chi connectivity index (χ0) is 14.6. The smallest absolute Gasteiger partial charge is 0.303 e. The number of hydrogen-bond acceptors (Lipinski definition) is 2. The molecular weight excluding hydrogens is 240 g/mol. The topological polar surface area (TPSA) is 46.5 Å². The summed E-state index contributed by atoms with van der Waals surface area (Å²) in [6.07, 6.45) is 0.850. The van der Waals surface area contributed by atoms with Crippen molar-refractivity contribution >= 4 is 5.97 Å². The fourth-order valence-electron chi connectivity index (χ4n) is 2.25. The van der Waals surface area contributed by atoms with E-state index in [1.54, 1.807) is 7.11 Å². The maximum absolute atomic E-state index is 10.9. The van der Waals surface area contributed by atoms with Crippen LogP contribution < -0.4 is 4.74 Å². The fraction of sp³-hybridized carbons (Fsp3) is 0.562. The molecule has 0 aliphatic rings. The minimum Gasteiger partial charge on any atom is -0.496 e. The summed E-state index contributed by atoms with van der Waals surface area (Å²) in [5.74, 6) is 0.544. The van der Waals surface area contributed by atoms with Gasteiger partial charge in [-0.05, 0) is 34.9 Å². The van der Waals surface area contributed by atoms with E-state index >= 15 is 0 Å². The van der Waals surface area contributed by atoms with Crippen LogP contribution in [-0.4, -0.2) is 18.2 Å². The van der Waals surface area contributed by atoms with Crippen LogP contribution in [0, 0.1) is 5.41 Å². The van der Waals surface area contributed by atoms with Gasteiger partial charge in [0.1, 0.15) is 5.75 Å². The van der Waals surface area contributed by atoms with E-state index in [-0.39, 0.29) is 11.8 Å². The van der Waals surface area contributed by atoms with Crippen LogP contribution in [0.2, 0.25) is 0 Å².